The van der Waals surface area contributed by atoms with Gasteiger partial charge in [0, 0.05) is 30.2 Å². The Kier molecular flexibility index (Phi) is 4.88. The molecule has 1 aromatic rings. The lowest BCUT2D eigenvalue weighted by molar-refractivity contribution is -0.137. The van der Waals surface area contributed by atoms with Crippen LogP contribution in [-0.2, 0) is 9.59 Å². The summed E-state index contributed by atoms with van der Waals surface area (Å²) in [5, 5.41) is 0.890. The number of carbonyl (C=O) groups excluding carboxylic acids is 2. The zero-order chi connectivity index (χ0) is 17.4. The number of hydrogen-bond donors (Lipinski definition) is 0. The number of amides is 2. The average molecular weight is 367 g/mol. The minimum atomic E-state index is -0.277. The third kappa shape index (κ3) is 2.93. The lowest BCUT2D eigenvalue weighted by atomic mass is 9.97. The third-order valence-electron chi connectivity index (χ3n) is 4.76. The SMILES string of the molecule is CCN1C(=O)C(c2ccc(Cl)cc2Cl)=C(N2CCC(C)CC2)C1=O. The molecular formula is C18H20Cl2N2O2. The molecule has 1 fully saturated rings. The van der Waals surface area contributed by atoms with Gasteiger partial charge in [0.05, 0.1) is 10.6 Å². The molecule has 128 valence electrons. The minimum absolute atomic E-state index is 0.224. The van der Waals surface area contributed by atoms with Gasteiger partial charge in [0.15, 0.2) is 0 Å². The van der Waals surface area contributed by atoms with Gasteiger partial charge in [-0.25, -0.2) is 0 Å². The summed E-state index contributed by atoms with van der Waals surface area (Å²) < 4.78 is 0. The molecule has 2 aliphatic rings. The molecular weight excluding hydrogens is 347 g/mol. The molecule has 0 aliphatic carbocycles. The van der Waals surface area contributed by atoms with Crippen molar-refractivity contribution in [2.45, 2.75) is 26.7 Å². The molecule has 0 aromatic heterocycles. The van der Waals surface area contributed by atoms with Crippen molar-refractivity contribution in [1.29, 1.82) is 0 Å². The van der Waals surface area contributed by atoms with Gasteiger partial charge in [0.2, 0.25) is 0 Å². The van der Waals surface area contributed by atoms with Crippen LogP contribution in [0.2, 0.25) is 10.0 Å². The van der Waals surface area contributed by atoms with Gasteiger partial charge in [-0.05, 0) is 37.8 Å². The van der Waals surface area contributed by atoms with Gasteiger partial charge in [-0.1, -0.05) is 36.2 Å². The summed E-state index contributed by atoms with van der Waals surface area (Å²) in [7, 11) is 0. The topological polar surface area (TPSA) is 40.6 Å². The summed E-state index contributed by atoms with van der Waals surface area (Å²) in [6, 6.07) is 5.02. The summed E-state index contributed by atoms with van der Waals surface area (Å²) in [4.78, 5) is 29.0. The second kappa shape index (κ2) is 6.77. The van der Waals surface area contributed by atoms with Crippen LogP contribution in [0.5, 0.6) is 0 Å². The van der Waals surface area contributed by atoms with Crippen molar-refractivity contribution in [1.82, 2.24) is 9.80 Å². The largest absolute Gasteiger partial charge is 0.366 e. The highest BCUT2D eigenvalue weighted by molar-refractivity contribution is 6.41. The lowest BCUT2D eigenvalue weighted by Crippen LogP contribution is -2.38. The van der Waals surface area contributed by atoms with E-state index in [-0.39, 0.29) is 11.8 Å². The summed E-state index contributed by atoms with van der Waals surface area (Å²) in [6.07, 6.45) is 2.03. The maximum Gasteiger partial charge on any atom is 0.277 e. The summed E-state index contributed by atoms with van der Waals surface area (Å²) in [6.45, 7) is 5.92. The molecule has 0 unspecified atom stereocenters. The smallest absolute Gasteiger partial charge is 0.277 e. The molecule has 4 nitrogen and oxygen atoms in total. The number of piperidine rings is 1. The van der Waals surface area contributed by atoms with E-state index >= 15 is 0 Å². The molecule has 2 amide bonds. The number of imide groups is 1. The first-order valence-corrected chi connectivity index (χ1v) is 9.00. The van der Waals surface area contributed by atoms with Gasteiger partial charge in [-0.3, -0.25) is 14.5 Å². The zero-order valence-corrected chi connectivity index (χ0v) is 15.3. The van der Waals surface area contributed by atoms with Crippen LogP contribution in [0.15, 0.2) is 23.9 Å². The molecule has 0 radical (unpaired) electrons. The summed E-state index contributed by atoms with van der Waals surface area (Å²) in [5.74, 6) is 0.136. The van der Waals surface area contributed by atoms with E-state index < -0.39 is 0 Å². The van der Waals surface area contributed by atoms with E-state index in [1.54, 1.807) is 25.1 Å². The van der Waals surface area contributed by atoms with Crippen molar-refractivity contribution in [2.75, 3.05) is 19.6 Å². The molecule has 0 saturated carbocycles. The van der Waals surface area contributed by atoms with Crippen LogP contribution in [0, 0.1) is 5.92 Å². The second-order valence-electron chi connectivity index (χ2n) is 6.37. The number of carbonyl (C=O) groups is 2. The predicted octanol–water partition coefficient (Wildman–Crippen LogP) is 3.83. The second-order valence-corrected chi connectivity index (χ2v) is 7.22. The number of hydrogen-bond acceptors (Lipinski definition) is 3. The van der Waals surface area contributed by atoms with Crippen LogP contribution in [0.4, 0.5) is 0 Å². The highest BCUT2D eigenvalue weighted by atomic mass is 35.5. The van der Waals surface area contributed by atoms with E-state index in [1.165, 1.54) is 4.90 Å². The third-order valence-corrected chi connectivity index (χ3v) is 5.31. The molecule has 2 heterocycles. The number of likely N-dealkylation sites (N-methyl/N-ethyl adjacent to an activating group) is 1. The monoisotopic (exact) mass is 366 g/mol. The fraction of sp³-hybridized carbons (Fsp3) is 0.444. The van der Waals surface area contributed by atoms with Crippen molar-refractivity contribution in [2.24, 2.45) is 5.92 Å². The Morgan fingerprint density at radius 3 is 2.38 bits per heavy atom. The van der Waals surface area contributed by atoms with Gasteiger partial charge in [0.25, 0.3) is 11.8 Å². The van der Waals surface area contributed by atoms with Gasteiger partial charge < -0.3 is 4.90 Å². The Morgan fingerprint density at radius 2 is 1.79 bits per heavy atom. The zero-order valence-electron chi connectivity index (χ0n) is 13.8. The van der Waals surface area contributed by atoms with Crippen molar-refractivity contribution in [3.63, 3.8) is 0 Å². The van der Waals surface area contributed by atoms with Crippen molar-refractivity contribution < 1.29 is 9.59 Å². The molecule has 0 bridgehead atoms. The Hall–Kier alpha value is -1.52. The Balaban J connectivity index is 2.11. The fourth-order valence-corrected chi connectivity index (χ4v) is 3.81. The van der Waals surface area contributed by atoms with E-state index in [9.17, 15) is 9.59 Å². The first-order valence-electron chi connectivity index (χ1n) is 8.24. The molecule has 0 atom stereocenters. The molecule has 1 aromatic carbocycles. The highest BCUT2D eigenvalue weighted by Gasteiger charge is 2.41. The quantitative estimate of drug-likeness (QED) is 0.763. The number of halogens is 2. The number of nitrogens with zero attached hydrogens (tertiary/aromatic N) is 2. The van der Waals surface area contributed by atoms with E-state index in [1.807, 2.05) is 4.90 Å². The lowest BCUT2D eigenvalue weighted by Gasteiger charge is -2.32. The van der Waals surface area contributed by atoms with E-state index in [0.29, 0.717) is 39.3 Å². The molecule has 2 aliphatic heterocycles. The minimum Gasteiger partial charge on any atom is -0.366 e. The van der Waals surface area contributed by atoms with E-state index in [2.05, 4.69) is 6.92 Å². The Bertz CT molecular complexity index is 722. The Morgan fingerprint density at radius 1 is 1.12 bits per heavy atom. The van der Waals surface area contributed by atoms with Gasteiger partial charge >= 0.3 is 0 Å². The molecule has 1 saturated heterocycles. The fourth-order valence-electron chi connectivity index (χ4n) is 3.31. The van der Waals surface area contributed by atoms with E-state index in [0.717, 1.165) is 25.9 Å². The highest BCUT2D eigenvalue weighted by Crippen LogP contribution is 2.37. The van der Waals surface area contributed by atoms with Crippen LogP contribution in [-0.4, -0.2) is 41.2 Å². The van der Waals surface area contributed by atoms with Gasteiger partial charge in [0.1, 0.15) is 5.70 Å². The number of benzene rings is 1. The van der Waals surface area contributed by atoms with Crippen LogP contribution in [0.3, 0.4) is 0 Å². The molecule has 3 rings (SSSR count). The first-order chi connectivity index (χ1) is 11.4. The number of likely N-dealkylation sites (tertiary alicyclic amines) is 1. The summed E-state index contributed by atoms with van der Waals surface area (Å²) in [5.41, 5.74) is 1.46. The van der Waals surface area contributed by atoms with Crippen LogP contribution in [0.25, 0.3) is 5.57 Å². The molecule has 0 spiro atoms. The Labute approximate surface area is 152 Å². The predicted molar refractivity (Wildman–Crippen MR) is 95.7 cm³/mol. The maximum absolute atomic E-state index is 12.8. The first kappa shape index (κ1) is 17.3. The maximum atomic E-state index is 12.8. The number of rotatable bonds is 3. The average Bonchev–Trinajstić information content (AvgIpc) is 2.79. The van der Waals surface area contributed by atoms with Crippen LogP contribution < -0.4 is 0 Å². The van der Waals surface area contributed by atoms with E-state index in [4.69, 9.17) is 23.2 Å². The van der Waals surface area contributed by atoms with Crippen LogP contribution in [0.1, 0.15) is 32.3 Å². The van der Waals surface area contributed by atoms with Crippen molar-refractivity contribution in [3.05, 3.63) is 39.5 Å². The molecule has 24 heavy (non-hydrogen) atoms. The van der Waals surface area contributed by atoms with Crippen molar-refractivity contribution >= 4 is 40.6 Å². The molecule has 0 N–H and O–H groups in total. The normalized spacial score (nSPS) is 19.7. The van der Waals surface area contributed by atoms with Crippen molar-refractivity contribution in [3.8, 4) is 0 Å². The molecule has 6 heteroatoms. The van der Waals surface area contributed by atoms with Gasteiger partial charge in [-0.15, -0.1) is 0 Å². The standard InChI is InChI=1S/C18H20Cl2N2O2/c1-3-22-17(23)15(13-5-4-12(19)10-14(13)20)16(18(22)24)21-8-6-11(2)7-9-21/h4-5,10-11H,3,6-9H2,1-2H3. The summed E-state index contributed by atoms with van der Waals surface area (Å²) >= 11 is 12.3. The van der Waals surface area contributed by atoms with Crippen LogP contribution >= 0.6 is 23.2 Å². The van der Waals surface area contributed by atoms with Gasteiger partial charge in [-0.2, -0.15) is 0 Å².